The zero-order valence-electron chi connectivity index (χ0n) is 15.9. The Balaban J connectivity index is 1.56. The lowest BCUT2D eigenvalue weighted by Crippen LogP contribution is -2.15. The molecule has 0 aliphatic rings. The molecule has 29 heavy (non-hydrogen) atoms. The minimum atomic E-state index is -0.647. The summed E-state index contributed by atoms with van der Waals surface area (Å²) in [5.74, 6) is -0.957. The molecule has 6 nitrogen and oxygen atoms in total. The maximum absolute atomic E-state index is 12.3. The van der Waals surface area contributed by atoms with Gasteiger partial charge in [-0.05, 0) is 49.2 Å². The molecule has 1 aromatic heterocycles. The second-order valence-corrected chi connectivity index (χ2v) is 8.37. The lowest BCUT2D eigenvalue weighted by molar-refractivity contribution is -0.115. The molecule has 0 unspecified atom stereocenters. The van der Waals surface area contributed by atoms with Crippen molar-refractivity contribution in [2.24, 2.45) is 0 Å². The van der Waals surface area contributed by atoms with Crippen molar-refractivity contribution >= 4 is 44.8 Å². The summed E-state index contributed by atoms with van der Waals surface area (Å²) in [5, 5.41) is 15.1. The van der Waals surface area contributed by atoms with Crippen LogP contribution in [0.15, 0.2) is 46.3 Å². The first kappa shape index (κ1) is 21.0. The number of aromatic nitrogens is 1. The Labute approximate surface area is 180 Å². The number of phenols is 1. The first-order chi connectivity index (χ1) is 13.8. The number of phenolic OH excluding ortho intramolecular Hbond substituents is 1. The number of amides is 1. The lowest BCUT2D eigenvalue weighted by atomic mass is 10.1. The maximum atomic E-state index is 12.3. The zero-order valence-corrected chi connectivity index (χ0v) is 18.3. The molecule has 3 aromatic rings. The van der Waals surface area contributed by atoms with E-state index in [0.29, 0.717) is 15.2 Å². The van der Waals surface area contributed by atoms with Gasteiger partial charge in [-0.25, -0.2) is 9.78 Å². The second kappa shape index (κ2) is 9.19. The molecule has 0 saturated heterocycles. The Bertz CT molecular complexity index is 1060. The van der Waals surface area contributed by atoms with Gasteiger partial charge in [-0.15, -0.1) is 11.3 Å². The number of halogens is 1. The van der Waals surface area contributed by atoms with Crippen LogP contribution < -0.4 is 5.32 Å². The number of hydrogen-bond donors (Lipinski definition) is 2. The maximum Gasteiger partial charge on any atom is 0.342 e. The molecule has 0 aliphatic heterocycles. The fourth-order valence-electron chi connectivity index (χ4n) is 2.59. The average molecular weight is 475 g/mol. The number of anilines is 1. The van der Waals surface area contributed by atoms with Crippen LogP contribution in [0.25, 0.3) is 0 Å². The first-order valence-corrected chi connectivity index (χ1v) is 10.4. The van der Waals surface area contributed by atoms with E-state index < -0.39 is 5.97 Å². The third-order valence-corrected chi connectivity index (χ3v) is 5.50. The molecule has 0 bridgehead atoms. The number of esters is 1. The molecule has 8 heteroatoms. The van der Waals surface area contributed by atoms with Crippen molar-refractivity contribution in [1.29, 1.82) is 0 Å². The molecule has 0 saturated carbocycles. The van der Waals surface area contributed by atoms with E-state index in [0.717, 1.165) is 16.8 Å². The van der Waals surface area contributed by atoms with Crippen LogP contribution in [0.4, 0.5) is 5.69 Å². The number of rotatable bonds is 6. The molecule has 1 heterocycles. The molecular weight excluding hydrogens is 456 g/mol. The number of thiazole rings is 1. The fraction of sp³-hybridized carbons (Fsp3) is 0.190. The van der Waals surface area contributed by atoms with E-state index in [9.17, 15) is 14.7 Å². The fourth-order valence-corrected chi connectivity index (χ4v) is 3.73. The Kier molecular flexibility index (Phi) is 6.66. The monoisotopic (exact) mass is 474 g/mol. The summed E-state index contributed by atoms with van der Waals surface area (Å²) in [7, 11) is 0. The number of carbonyl (C=O) groups excluding carboxylic acids is 2. The van der Waals surface area contributed by atoms with Gasteiger partial charge in [0, 0.05) is 15.5 Å². The highest BCUT2D eigenvalue weighted by molar-refractivity contribution is 9.10. The minimum Gasteiger partial charge on any atom is -0.507 e. The summed E-state index contributed by atoms with van der Waals surface area (Å²) in [6, 6.07) is 10.4. The van der Waals surface area contributed by atoms with E-state index in [2.05, 4.69) is 26.2 Å². The van der Waals surface area contributed by atoms with E-state index in [1.54, 1.807) is 11.4 Å². The van der Waals surface area contributed by atoms with Crippen molar-refractivity contribution in [3.05, 3.63) is 73.6 Å². The molecule has 3 rings (SSSR count). The zero-order chi connectivity index (χ0) is 21.0. The molecule has 2 N–H and O–H groups in total. The Morgan fingerprint density at radius 1 is 1.21 bits per heavy atom. The van der Waals surface area contributed by atoms with Crippen molar-refractivity contribution in [2.75, 3.05) is 5.32 Å². The van der Waals surface area contributed by atoms with E-state index in [4.69, 9.17) is 4.74 Å². The van der Waals surface area contributed by atoms with Crippen molar-refractivity contribution in [1.82, 2.24) is 4.98 Å². The third kappa shape index (κ3) is 5.65. The summed E-state index contributed by atoms with van der Waals surface area (Å²) in [5.41, 5.74) is 3.47. The Morgan fingerprint density at radius 3 is 2.79 bits per heavy atom. The summed E-state index contributed by atoms with van der Waals surface area (Å²) in [6.07, 6.45) is 0.137. The summed E-state index contributed by atoms with van der Waals surface area (Å²) in [6.45, 7) is 3.87. The molecule has 2 aromatic carbocycles. The molecule has 0 fully saturated rings. The third-order valence-electron chi connectivity index (χ3n) is 4.11. The van der Waals surface area contributed by atoms with Gasteiger partial charge < -0.3 is 15.2 Å². The number of nitrogens with zero attached hydrogens (tertiary/aromatic N) is 1. The van der Waals surface area contributed by atoms with Crippen molar-refractivity contribution in [2.45, 2.75) is 26.9 Å². The standard InChI is InChI=1S/C21H19BrN2O4S/c1-12-3-4-13(2)17(7-12)24-19(26)9-20-23-15(11-29-20)10-28-21(27)16-8-14(22)5-6-18(16)25/h3-8,11,25H,9-10H2,1-2H3,(H,24,26). The van der Waals surface area contributed by atoms with Crippen LogP contribution in [0.5, 0.6) is 5.75 Å². The van der Waals surface area contributed by atoms with Crippen LogP contribution in [0, 0.1) is 13.8 Å². The normalized spacial score (nSPS) is 10.6. The van der Waals surface area contributed by atoms with Crippen LogP contribution in [0.3, 0.4) is 0 Å². The van der Waals surface area contributed by atoms with Crippen LogP contribution in [-0.2, 0) is 22.6 Å². The number of aryl methyl sites for hydroxylation is 2. The summed E-state index contributed by atoms with van der Waals surface area (Å²) >= 11 is 4.58. The predicted octanol–water partition coefficient (Wildman–Crippen LogP) is 4.77. The van der Waals surface area contributed by atoms with Gasteiger partial charge in [0.15, 0.2) is 0 Å². The van der Waals surface area contributed by atoms with Gasteiger partial charge in [-0.2, -0.15) is 0 Å². The van der Waals surface area contributed by atoms with Crippen molar-refractivity contribution in [3.63, 3.8) is 0 Å². The number of carbonyl (C=O) groups is 2. The largest absolute Gasteiger partial charge is 0.507 e. The number of aromatic hydroxyl groups is 1. The van der Waals surface area contributed by atoms with Crippen LogP contribution >= 0.6 is 27.3 Å². The van der Waals surface area contributed by atoms with Gasteiger partial charge in [-0.1, -0.05) is 28.1 Å². The minimum absolute atomic E-state index is 0.0418. The highest BCUT2D eigenvalue weighted by Gasteiger charge is 2.15. The smallest absolute Gasteiger partial charge is 0.342 e. The number of ether oxygens (including phenoxy) is 1. The Morgan fingerprint density at radius 2 is 2.00 bits per heavy atom. The van der Waals surface area contributed by atoms with Gasteiger partial charge in [-0.3, -0.25) is 4.79 Å². The topological polar surface area (TPSA) is 88.5 Å². The predicted molar refractivity (Wildman–Crippen MR) is 115 cm³/mol. The van der Waals surface area contributed by atoms with Gasteiger partial charge in [0.2, 0.25) is 5.91 Å². The molecule has 150 valence electrons. The van der Waals surface area contributed by atoms with Gasteiger partial charge in [0.05, 0.1) is 12.1 Å². The summed E-state index contributed by atoms with van der Waals surface area (Å²) < 4.78 is 5.88. The first-order valence-electron chi connectivity index (χ1n) is 8.78. The molecule has 0 radical (unpaired) electrons. The van der Waals surface area contributed by atoms with E-state index in [-0.39, 0.29) is 30.2 Å². The number of hydrogen-bond acceptors (Lipinski definition) is 6. The molecule has 1 amide bonds. The van der Waals surface area contributed by atoms with E-state index in [1.165, 1.54) is 23.5 Å². The van der Waals surface area contributed by atoms with Gasteiger partial charge in [0.1, 0.15) is 22.9 Å². The van der Waals surface area contributed by atoms with E-state index in [1.807, 2.05) is 32.0 Å². The molecule has 0 aliphatic carbocycles. The van der Waals surface area contributed by atoms with E-state index >= 15 is 0 Å². The van der Waals surface area contributed by atoms with Gasteiger partial charge >= 0.3 is 5.97 Å². The van der Waals surface area contributed by atoms with Gasteiger partial charge in [0.25, 0.3) is 0 Å². The molecule has 0 atom stereocenters. The second-order valence-electron chi connectivity index (χ2n) is 6.51. The average Bonchev–Trinajstić information content (AvgIpc) is 3.12. The van der Waals surface area contributed by atoms with Crippen LogP contribution in [0.2, 0.25) is 0 Å². The van der Waals surface area contributed by atoms with Crippen molar-refractivity contribution < 1.29 is 19.4 Å². The van der Waals surface area contributed by atoms with Crippen LogP contribution in [-0.4, -0.2) is 22.0 Å². The Hall–Kier alpha value is -2.71. The van der Waals surface area contributed by atoms with Crippen molar-refractivity contribution in [3.8, 4) is 5.75 Å². The molecular formula is C21H19BrN2O4S. The lowest BCUT2D eigenvalue weighted by Gasteiger charge is -2.08. The quantitative estimate of drug-likeness (QED) is 0.502. The van der Waals surface area contributed by atoms with Crippen LogP contribution in [0.1, 0.15) is 32.2 Å². The SMILES string of the molecule is Cc1ccc(C)c(NC(=O)Cc2nc(COC(=O)c3cc(Br)ccc3O)cs2)c1. The highest BCUT2D eigenvalue weighted by atomic mass is 79.9. The summed E-state index contributed by atoms with van der Waals surface area (Å²) in [4.78, 5) is 28.8. The molecule has 0 spiro atoms. The number of benzene rings is 2. The number of nitrogens with one attached hydrogen (secondary N) is 1. The highest BCUT2D eigenvalue weighted by Crippen LogP contribution is 2.23.